The van der Waals surface area contributed by atoms with Crippen LogP contribution in [0, 0.1) is 11.8 Å². The van der Waals surface area contributed by atoms with Gasteiger partial charge in [-0.3, -0.25) is 9.59 Å². The Morgan fingerprint density at radius 3 is 2.72 bits per heavy atom. The standard InChI is InChI=1S/C13H18N2O3/c1-15-5-4-9(8-15)7-14-12(16)10-2-3-11(6-10)13(17)18/h4-5,8,10-11H,2-3,6-7H2,1H3,(H,14,16)(H,17,18). The van der Waals surface area contributed by atoms with E-state index in [0.717, 1.165) is 5.56 Å². The van der Waals surface area contributed by atoms with Crippen LogP contribution in [0.1, 0.15) is 24.8 Å². The molecule has 1 aliphatic carbocycles. The fourth-order valence-corrected chi connectivity index (χ4v) is 2.44. The molecular weight excluding hydrogens is 232 g/mol. The van der Waals surface area contributed by atoms with Gasteiger partial charge in [-0.25, -0.2) is 0 Å². The Morgan fingerprint density at radius 2 is 2.17 bits per heavy atom. The van der Waals surface area contributed by atoms with Crippen LogP contribution >= 0.6 is 0 Å². The molecule has 98 valence electrons. The lowest BCUT2D eigenvalue weighted by Crippen LogP contribution is -2.29. The number of aromatic nitrogens is 1. The summed E-state index contributed by atoms with van der Waals surface area (Å²) >= 11 is 0. The number of carbonyl (C=O) groups excluding carboxylic acids is 1. The fraction of sp³-hybridized carbons (Fsp3) is 0.538. The predicted octanol–water partition coefficient (Wildman–Crippen LogP) is 1.14. The highest BCUT2D eigenvalue weighted by Gasteiger charge is 2.33. The van der Waals surface area contributed by atoms with Gasteiger partial charge in [0.05, 0.1) is 5.92 Å². The molecule has 1 saturated carbocycles. The van der Waals surface area contributed by atoms with Crippen molar-refractivity contribution >= 4 is 11.9 Å². The molecule has 1 fully saturated rings. The molecule has 18 heavy (non-hydrogen) atoms. The molecule has 0 radical (unpaired) electrons. The normalized spacial score (nSPS) is 22.9. The highest BCUT2D eigenvalue weighted by molar-refractivity contribution is 5.80. The van der Waals surface area contributed by atoms with Crippen LogP contribution in [0.5, 0.6) is 0 Å². The van der Waals surface area contributed by atoms with Gasteiger partial charge >= 0.3 is 5.97 Å². The van der Waals surface area contributed by atoms with Crippen LogP contribution in [-0.4, -0.2) is 21.6 Å². The van der Waals surface area contributed by atoms with Gasteiger partial charge < -0.3 is 15.0 Å². The van der Waals surface area contributed by atoms with Gasteiger partial charge in [-0.1, -0.05) is 0 Å². The van der Waals surface area contributed by atoms with Gasteiger partial charge in [-0.2, -0.15) is 0 Å². The highest BCUT2D eigenvalue weighted by atomic mass is 16.4. The average Bonchev–Trinajstić information content (AvgIpc) is 2.94. The first-order chi connectivity index (χ1) is 8.56. The van der Waals surface area contributed by atoms with Crippen LogP contribution in [0.25, 0.3) is 0 Å². The summed E-state index contributed by atoms with van der Waals surface area (Å²) in [4.78, 5) is 22.7. The van der Waals surface area contributed by atoms with Gasteiger partial charge in [0.25, 0.3) is 0 Å². The van der Waals surface area contributed by atoms with Gasteiger partial charge in [0.15, 0.2) is 0 Å². The minimum atomic E-state index is -0.784. The van der Waals surface area contributed by atoms with Crippen molar-refractivity contribution in [2.75, 3.05) is 0 Å². The molecule has 2 N–H and O–H groups in total. The van der Waals surface area contributed by atoms with E-state index in [2.05, 4.69) is 5.32 Å². The Hall–Kier alpha value is -1.78. The Kier molecular flexibility index (Phi) is 3.69. The summed E-state index contributed by atoms with van der Waals surface area (Å²) in [5.74, 6) is -1.30. The van der Waals surface area contributed by atoms with Crippen LogP contribution in [0.15, 0.2) is 18.5 Å². The average molecular weight is 250 g/mol. The molecule has 1 aromatic rings. The quantitative estimate of drug-likeness (QED) is 0.841. The number of aryl methyl sites for hydroxylation is 1. The van der Waals surface area contributed by atoms with E-state index in [1.54, 1.807) is 0 Å². The molecule has 2 rings (SSSR count). The smallest absolute Gasteiger partial charge is 0.306 e. The third-order valence-corrected chi connectivity index (χ3v) is 3.51. The SMILES string of the molecule is Cn1ccc(CNC(=O)C2CCC(C(=O)O)C2)c1. The Labute approximate surface area is 106 Å². The van der Waals surface area contributed by atoms with Gasteiger partial charge in [-0.15, -0.1) is 0 Å². The number of aliphatic carboxylic acids is 1. The maximum absolute atomic E-state index is 11.9. The molecule has 5 heteroatoms. The zero-order chi connectivity index (χ0) is 13.1. The minimum Gasteiger partial charge on any atom is -0.481 e. The largest absolute Gasteiger partial charge is 0.481 e. The lowest BCUT2D eigenvalue weighted by atomic mass is 10.0. The second-order valence-corrected chi connectivity index (χ2v) is 4.95. The topological polar surface area (TPSA) is 71.3 Å². The van der Waals surface area contributed by atoms with E-state index in [1.807, 2.05) is 30.1 Å². The summed E-state index contributed by atoms with van der Waals surface area (Å²) < 4.78 is 1.93. The molecule has 0 spiro atoms. The number of carboxylic acid groups (broad SMARTS) is 1. The maximum Gasteiger partial charge on any atom is 0.306 e. The van der Waals surface area contributed by atoms with Crippen molar-refractivity contribution in [1.29, 1.82) is 0 Å². The Balaban J connectivity index is 1.80. The van der Waals surface area contributed by atoms with Crippen LogP contribution in [0.4, 0.5) is 0 Å². The molecule has 1 heterocycles. The third kappa shape index (κ3) is 2.91. The van der Waals surface area contributed by atoms with Gasteiger partial charge in [0.2, 0.25) is 5.91 Å². The van der Waals surface area contributed by atoms with Crippen molar-refractivity contribution in [3.05, 3.63) is 24.0 Å². The molecular formula is C13H18N2O3. The van der Waals surface area contributed by atoms with E-state index >= 15 is 0 Å². The molecule has 0 saturated heterocycles. The zero-order valence-electron chi connectivity index (χ0n) is 10.4. The second-order valence-electron chi connectivity index (χ2n) is 4.95. The fourth-order valence-electron chi connectivity index (χ4n) is 2.44. The van der Waals surface area contributed by atoms with E-state index in [-0.39, 0.29) is 17.7 Å². The summed E-state index contributed by atoms with van der Waals surface area (Å²) in [6.07, 6.45) is 5.64. The van der Waals surface area contributed by atoms with Gasteiger partial charge in [-0.05, 0) is 30.9 Å². The lowest BCUT2D eigenvalue weighted by molar-refractivity contribution is -0.141. The van der Waals surface area contributed by atoms with Crippen LogP contribution < -0.4 is 5.32 Å². The number of hydrogen-bond donors (Lipinski definition) is 2. The molecule has 2 atom stereocenters. The first-order valence-electron chi connectivity index (χ1n) is 6.17. The first-order valence-corrected chi connectivity index (χ1v) is 6.17. The maximum atomic E-state index is 11.9. The number of nitrogens with one attached hydrogen (secondary N) is 1. The Bertz CT molecular complexity index is 453. The third-order valence-electron chi connectivity index (χ3n) is 3.51. The van der Waals surface area contributed by atoms with Crippen molar-refractivity contribution in [2.45, 2.75) is 25.8 Å². The predicted molar refractivity (Wildman–Crippen MR) is 65.7 cm³/mol. The minimum absolute atomic E-state index is 0.0254. The molecule has 1 aliphatic rings. The van der Waals surface area contributed by atoms with E-state index < -0.39 is 5.97 Å². The molecule has 2 unspecified atom stereocenters. The summed E-state index contributed by atoms with van der Waals surface area (Å²) in [5.41, 5.74) is 1.05. The molecule has 0 bridgehead atoms. The zero-order valence-corrected chi connectivity index (χ0v) is 10.4. The van der Waals surface area contributed by atoms with Crippen molar-refractivity contribution < 1.29 is 14.7 Å². The summed E-state index contributed by atoms with van der Waals surface area (Å²) in [5, 5.41) is 11.8. The molecule has 0 aromatic carbocycles. The highest BCUT2D eigenvalue weighted by Crippen LogP contribution is 2.31. The molecule has 5 nitrogen and oxygen atoms in total. The summed E-state index contributed by atoms with van der Waals surface area (Å²) in [6, 6.07) is 1.95. The van der Waals surface area contributed by atoms with Crippen LogP contribution in [0.2, 0.25) is 0 Å². The number of rotatable bonds is 4. The first kappa shape index (κ1) is 12.7. The van der Waals surface area contributed by atoms with E-state index in [0.29, 0.717) is 25.8 Å². The molecule has 1 amide bonds. The van der Waals surface area contributed by atoms with Crippen molar-refractivity contribution in [2.24, 2.45) is 18.9 Å². The van der Waals surface area contributed by atoms with Gasteiger partial charge in [0, 0.05) is 31.9 Å². The number of carbonyl (C=O) groups is 2. The van der Waals surface area contributed by atoms with Crippen LogP contribution in [0.3, 0.4) is 0 Å². The van der Waals surface area contributed by atoms with Crippen molar-refractivity contribution in [3.63, 3.8) is 0 Å². The number of carboxylic acids is 1. The van der Waals surface area contributed by atoms with E-state index in [4.69, 9.17) is 5.11 Å². The molecule has 1 aromatic heterocycles. The monoisotopic (exact) mass is 250 g/mol. The van der Waals surface area contributed by atoms with E-state index in [9.17, 15) is 9.59 Å². The van der Waals surface area contributed by atoms with Crippen molar-refractivity contribution in [1.82, 2.24) is 9.88 Å². The number of amides is 1. The number of nitrogens with zero attached hydrogens (tertiary/aromatic N) is 1. The van der Waals surface area contributed by atoms with Crippen LogP contribution in [-0.2, 0) is 23.2 Å². The number of hydrogen-bond acceptors (Lipinski definition) is 2. The molecule has 0 aliphatic heterocycles. The second kappa shape index (κ2) is 5.25. The van der Waals surface area contributed by atoms with Gasteiger partial charge in [0.1, 0.15) is 0 Å². The lowest BCUT2D eigenvalue weighted by Gasteiger charge is -2.10. The van der Waals surface area contributed by atoms with Crippen molar-refractivity contribution in [3.8, 4) is 0 Å². The van der Waals surface area contributed by atoms with E-state index in [1.165, 1.54) is 0 Å². The Morgan fingerprint density at radius 1 is 1.44 bits per heavy atom. The summed E-state index contributed by atoms with van der Waals surface area (Å²) in [7, 11) is 1.93. The summed E-state index contributed by atoms with van der Waals surface area (Å²) in [6.45, 7) is 0.508.